The molecule has 0 aromatic rings. The first-order valence-electron chi connectivity index (χ1n) is 8.23. The van der Waals surface area contributed by atoms with Gasteiger partial charge in [0.2, 0.25) is 5.91 Å². The first-order valence-corrected chi connectivity index (χ1v) is 8.23. The molecule has 134 valence electrons. The number of carbonyl (C=O) groups excluding carboxylic acids is 2. The van der Waals surface area contributed by atoms with Crippen LogP contribution in [0.2, 0.25) is 0 Å². The van der Waals surface area contributed by atoms with Crippen molar-refractivity contribution in [2.75, 3.05) is 39.3 Å². The molecule has 7 heteroatoms. The zero-order chi connectivity index (χ0) is 17.5. The summed E-state index contributed by atoms with van der Waals surface area (Å²) in [5, 5.41) is 5.22. The summed E-state index contributed by atoms with van der Waals surface area (Å²) in [6.07, 6.45) is -0.599. The quantitative estimate of drug-likeness (QED) is 0.759. The first kappa shape index (κ1) is 19.7. The lowest BCUT2D eigenvalue weighted by Crippen LogP contribution is -2.49. The van der Waals surface area contributed by atoms with Gasteiger partial charge in [-0.2, -0.15) is 0 Å². The number of amides is 2. The molecule has 2 amide bonds. The molecule has 0 radical (unpaired) electrons. The highest BCUT2D eigenvalue weighted by Crippen LogP contribution is 2.07. The Bertz CT molecular complexity index is 393. The Hall–Kier alpha value is -1.34. The van der Waals surface area contributed by atoms with Gasteiger partial charge < -0.3 is 20.1 Å². The van der Waals surface area contributed by atoms with Crippen LogP contribution < -0.4 is 10.6 Å². The zero-order valence-corrected chi connectivity index (χ0v) is 15.0. The van der Waals surface area contributed by atoms with Crippen molar-refractivity contribution in [2.45, 2.75) is 46.3 Å². The molecule has 1 aliphatic rings. The van der Waals surface area contributed by atoms with Crippen LogP contribution in [0.15, 0.2) is 0 Å². The molecule has 0 unspecified atom stereocenters. The monoisotopic (exact) mass is 329 g/mol. The van der Waals surface area contributed by atoms with Crippen LogP contribution in [0.1, 0.15) is 34.6 Å². The van der Waals surface area contributed by atoms with Gasteiger partial charge in [0.25, 0.3) is 0 Å². The van der Waals surface area contributed by atoms with E-state index in [1.165, 1.54) is 0 Å². The Balaban J connectivity index is 2.21. The number of alkyl carbamates (subject to hydrolysis) is 1. The van der Waals surface area contributed by atoms with Crippen molar-refractivity contribution in [1.29, 1.82) is 0 Å². The molecule has 1 aliphatic heterocycles. The number of morpholine rings is 1. The van der Waals surface area contributed by atoms with E-state index in [0.717, 1.165) is 19.6 Å². The van der Waals surface area contributed by atoms with Gasteiger partial charge in [-0.15, -0.1) is 0 Å². The molecule has 1 rings (SSSR count). The van der Waals surface area contributed by atoms with Crippen molar-refractivity contribution in [1.82, 2.24) is 15.5 Å². The van der Waals surface area contributed by atoms with E-state index in [1.807, 2.05) is 0 Å². The molecule has 0 saturated carbocycles. The van der Waals surface area contributed by atoms with Crippen molar-refractivity contribution < 1.29 is 19.1 Å². The van der Waals surface area contributed by atoms with E-state index < -0.39 is 11.7 Å². The van der Waals surface area contributed by atoms with Crippen LogP contribution in [0.3, 0.4) is 0 Å². The van der Waals surface area contributed by atoms with E-state index >= 15 is 0 Å². The minimum atomic E-state index is -0.593. The lowest BCUT2D eigenvalue weighted by atomic mass is 10.2. The Morgan fingerprint density at radius 1 is 1.30 bits per heavy atom. The second kappa shape index (κ2) is 9.08. The number of nitrogens with one attached hydrogen (secondary N) is 2. The second-order valence-electron chi connectivity index (χ2n) is 7.31. The van der Waals surface area contributed by atoms with Gasteiger partial charge >= 0.3 is 6.09 Å². The highest BCUT2D eigenvalue weighted by atomic mass is 16.6. The zero-order valence-electron chi connectivity index (χ0n) is 15.0. The van der Waals surface area contributed by atoms with Gasteiger partial charge in [0.1, 0.15) is 5.60 Å². The van der Waals surface area contributed by atoms with E-state index in [2.05, 4.69) is 29.4 Å². The molecular weight excluding hydrogens is 298 g/mol. The Morgan fingerprint density at radius 2 is 2.00 bits per heavy atom. The van der Waals surface area contributed by atoms with Crippen LogP contribution in [0.25, 0.3) is 0 Å². The average molecular weight is 329 g/mol. The molecule has 0 aliphatic carbocycles. The summed E-state index contributed by atoms with van der Waals surface area (Å²) in [7, 11) is 0. The van der Waals surface area contributed by atoms with Crippen LogP contribution in [0.4, 0.5) is 4.79 Å². The van der Waals surface area contributed by atoms with E-state index in [4.69, 9.17) is 9.47 Å². The minimum Gasteiger partial charge on any atom is -0.444 e. The smallest absolute Gasteiger partial charge is 0.408 e. The minimum absolute atomic E-state index is 0.00650. The summed E-state index contributed by atoms with van der Waals surface area (Å²) in [5.74, 6) is 0.363. The molecule has 1 atom stereocenters. The third-order valence-electron chi connectivity index (χ3n) is 3.17. The number of ether oxygens (including phenoxy) is 2. The number of carbonyl (C=O) groups is 2. The van der Waals surface area contributed by atoms with Crippen molar-refractivity contribution in [3.05, 3.63) is 0 Å². The average Bonchev–Trinajstić information content (AvgIpc) is 2.41. The van der Waals surface area contributed by atoms with Gasteiger partial charge in [0.15, 0.2) is 0 Å². The maximum absolute atomic E-state index is 11.8. The molecule has 1 heterocycles. The van der Waals surface area contributed by atoms with Gasteiger partial charge in [-0.05, 0) is 26.7 Å². The molecule has 0 spiro atoms. The fourth-order valence-electron chi connectivity index (χ4n) is 2.34. The Kier molecular flexibility index (Phi) is 7.78. The molecule has 23 heavy (non-hydrogen) atoms. The molecular formula is C16H31N3O4. The van der Waals surface area contributed by atoms with Crippen LogP contribution in [-0.4, -0.2) is 67.9 Å². The number of rotatable bonds is 6. The predicted octanol–water partition coefficient (Wildman–Crippen LogP) is 0.984. The van der Waals surface area contributed by atoms with E-state index in [0.29, 0.717) is 19.1 Å². The molecule has 1 saturated heterocycles. The summed E-state index contributed by atoms with van der Waals surface area (Å²) in [4.78, 5) is 25.6. The fraction of sp³-hybridized carbons (Fsp3) is 0.875. The van der Waals surface area contributed by atoms with E-state index in [9.17, 15) is 9.59 Å². The van der Waals surface area contributed by atoms with Crippen LogP contribution in [-0.2, 0) is 14.3 Å². The van der Waals surface area contributed by atoms with Crippen molar-refractivity contribution >= 4 is 12.0 Å². The highest BCUT2D eigenvalue weighted by molar-refractivity contribution is 5.82. The van der Waals surface area contributed by atoms with Crippen molar-refractivity contribution in [2.24, 2.45) is 5.92 Å². The van der Waals surface area contributed by atoms with Gasteiger partial charge in [-0.1, -0.05) is 13.8 Å². The molecule has 0 aromatic carbocycles. The van der Waals surface area contributed by atoms with Crippen molar-refractivity contribution in [3.63, 3.8) is 0 Å². The molecule has 2 N–H and O–H groups in total. The summed E-state index contributed by atoms with van der Waals surface area (Å²) >= 11 is 0. The maximum atomic E-state index is 11.8. The third-order valence-corrected chi connectivity index (χ3v) is 3.17. The van der Waals surface area contributed by atoms with Crippen LogP contribution >= 0.6 is 0 Å². The summed E-state index contributed by atoms with van der Waals surface area (Å²) in [6, 6.07) is 0. The topological polar surface area (TPSA) is 79.9 Å². The normalized spacial score (nSPS) is 19.5. The number of nitrogens with zero attached hydrogens (tertiary/aromatic N) is 1. The van der Waals surface area contributed by atoms with E-state index in [1.54, 1.807) is 20.8 Å². The second-order valence-corrected chi connectivity index (χ2v) is 7.31. The molecule has 0 aromatic heterocycles. The van der Waals surface area contributed by atoms with Gasteiger partial charge in [-0.3, -0.25) is 9.69 Å². The first-order chi connectivity index (χ1) is 10.7. The van der Waals surface area contributed by atoms with Gasteiger partial charge in [-0.25, -0.2) is 4.79 Å². The maximum Gasteiger partial charge on any atom is 0.408 e. The van der Waals surface area contributed by atoms with Crippen LogP contribution in [0.5, 0.6) is 0 Å². The predicted molar refractivity (Wildman–Crippen MR) is 88.3 cm³/mol. The summed E-state index contributed by atoms with van der Waals surface area (Å²) in [6.45, 7) is 13.5. The fourth-order valence-corrected chi connectivity index (χ4v) is 2.34. The molecule has 7 nitrogen and oxygen atoms in total. The summed E-state index contributed by atoms with van der Waals surface area (Å²) in [5.41, 5.74) is -0.573. The largest absolute Gasteiger partial charge is 0.444 e. The van der Waals surface area contributed by atoms with E-state index in [-0.39, 0.29) is 18.6 Å². The number of hydrogen-bond acceptors (Lipinski definition) is 5. The van der Waals surface area contributed by atoms with Crippen molar-refractivity contribution in [3.8, 4) is 0 Å². The lowest BCUT2D eigenvalue weighted by molar-refractivity contribution is -0.121. The van der Waals surface area contributed by atoms with Crippen LogP contribution in [0, 0.1) is 5.92 Å². The standard InChI is InChI=1S/C16H31N3O4/c1-12(2)10-19-6-7-22-13(11-19)8-17-14(20)9-18-15(21)23-16(3,4)5/h12-13H,6-11H2,1-5H3,(H,17,20)(H,18,21)/t13-/m1/s1. The lowest BCUT2D eigenvalue weighted by Gasteiger charge is -2.33. The van der Waals surface area contributed by atoms with Gasteiger partial charge in [0.05, 0.1) is 19.3 Å². The third kappa shape index (κ3) is 9.40. The van der Waals surface area contributed by atoms with Gasteiger partial charge in [0, 0.05) is 26.2 Å². The Morgan fingerprint density at radius 3 is 2.61 bits per heavy atom. The molecule has 0 bridgehead atoms. The Labute approximate surface area is 139 Å². The number of hydrogen-bond donors (Lipinski definition) is 2. The molecule has 1 fully saturated rings. The summed E-state index contributed by atoms with van der Waals surface area (Å²) < 4.78 is 10.7. The SMILES string of the molecule is CC(C)CN1CCO[C@H](CNC(=O)CNC(=O)OC(C)(C)C)C1. The highest BCUT2D eigenvalue weighted by Gasteiger charge is 2.21.